The van der Waals surface area contributed by atoms with Crippen molar-refractivity contribution < 1.29 is 34.8 Å². The largest absolute Gasteiger partial charge is 0.545 e. The summed E-state index contributed by atoms with van der Waals surface area (Å²) < 4.78 is 0. The van der Waals surface area contributed by atoms with Gasteiger partial charge in [0.25, 0.3) is 0 Å². The van der Waals surface area contributed by atoms with Gasteiger partial charge in [-0.2, -0.15) is 0 Å². The minimum atomic E-state index is 0. The first-order valence-corrected chi connectivity index (χ1v) is 0.707. The summed E-state index contributed by atoms with van der Waals surface area (Å²) in [5.41, 5.74) is 0. The molecule has 0 heterocycles. The molecule has 3 nitrogen and oxygen atoms in total. The van der Waals surface area contributed by atoms with Crippen molar-refractivity contribution >= 4 is 20.4 Å². The Balaban J connectivity index is -0.00000000500. The van der Waals surface area contributed by atoms with Gasteiger partial charge in [-0.15, -0.1) is 0 Å². The van der Waals surface area contributed by atoms with Crippen molar-refractivity contribution in [1.29, 1.82) is 0 Å². The molecule has 0 aliphatic carbocycles. The van der Waals surface area contributed by atoms with E-state index in [0.29, 0.717) is 0 Å². The van der Waals surface area contributed by atoms with E-state index < -0.39 is 0 Å². The molecule has 0 N–H and O–H groups in total. The second-order valence-corrected chi connectivity index (χ2v) is 0. The van der Waals surface area contributed by atoms with Crippen molar-refractivity contribution in [3.63, 3.8) is 0 Å². The Hall–Kier alpha value is -0.328. The molecule has 51 valence electrons. The van der Waals surface area contributed by atoms with Crippen LogP contribution in [0.3, 0.4) is 0 Å². The van der Waals surface area contributed by atoms with Gasteiger partial charge >= 0.3 is 0 Å². The Morgan fingerprint density at radius 2 is 0.625 bits per heavy atom. The molecule has 0 rings (SSSR count). The van der Waals surface area contributed by atoms with E-state index in [9.17, 15) is 0 Å². The van der Waals surface area contributed by atoms with Crippen LogP contribution in [0.2, 0.25) is 0 Å². The van der Waals surface area contributed by atoms with E-state index in [2.05, 4.69) is 20.4 Å². The fourth-order valence-corrected chi connectivity index (χ4v) is 0. The molecule has 1 radical (unpaired) electrons. The first-order valence-electron chi connectivity index (χ1n) is 0.707. The Labute approximate surface area is 63.1 Å². The molecule has 0 amide bonds. The van der Waals surface area contributed by atoms with Crippen molar-refractivity contribution in [2.24, 2.45) is 0 Å². The standard InChI is InChI=1S/3CHO.CH3.Re/c3*1-2;;/h3*1H;1H3;/q4*-1;. The quantitative estimate of drug-likeness (QED) is 0.451. The molecule has 0 aromatic rings. The van der Waals surface area contributed by atoms with Crippen LogP contribution in [0.25, 0.3) is 0 Å². The molecule has 0 spiro atoms. The van der Waals surface area contributed by atoms with Crippen LogP contribution in [0.4, 0.5) is 0 Å². The topological polar surface area (TPSA) is 51.2 Å². The average molecular weight is 288 g/mol. The smallest absolute Gasteiger partial charge is 0 e. The van der Waals surface area contributed by atoms with Gasteiger partial charge in [-0.3, -0.25) is 20.4 Å². The van der Waals surface area contributed by atoms with Crippen LogP contribution >= 0.6 is 0 Å². The van der Waals surface area contributed by atoms with Crippen LogP contribution in [0.5, 0.6) is 0 Å². The van der Waals surface area contributed by atoms with E-state index >= 15 is 0 Å². The molecule has 0 atom stereocenters. The van der Waals surface area contributed by atoms with Crippen molar-refractivity contribution in [3.05, 3.63) is 7.43 Å². The second kappa shape index (κ2) is 2000. The summed E-state index contributed by atoms with van der Waals surface area (Å²) in [5, 5.41) is 0. The van der Waals surface area contributed by atoms with Crippen LogP contribution in [-0.2, 0) is 34.8 Å². The number of hydrogen-bond acceptors (Lipinski definition) is 3. The van der Waals surface area contributed by atoms with Gasteiger partial charge in [0, 0.05) is 20.4 Å². The average Bonchev–Trinajstić information content (AvgIpc) is 1.81. The minimum absolute atomic E-state index is 0. The first kappa shape index (κ1) is 47.8. The normalized spacial score (nSPS) is 1.50. The third kappa shape index (κ3) is 1150. The maximum absolute atomic E-state index is 7.75. The van der Waals surface area contributed by atoms with E-state index in [1.54, 1.807) is 0 Å². The summed E-state index contributed by atoms with van der Waals surface area (Å²) >= 11 is 0. The van der Waals surface area contributed by atoms with Crippen LogP contribution in [0.1, 0.15) is 0 Å². The van der Waals surface area contributed by atoms with E-state index in [1.165, 1.54) is 0 Å². The van der Waals surface area contributed by atoms with Crippen LogP contribution in [0, 0.1) is 7.43 Å². The fourth-order valence-electron chi connectivity index (χ4n) is 0. The Kier molecular flexibility index (Phi) is 12000. The van der Waals surface area contributed by atoms with Crippen molar-refractivity contribution in [1.82, 2.24) is 0 Å². The molecule has 0 aliphatic rings. The molecule has 8 heavy (non-hydrogen) atoms. The van der Waals surface area contributed by atoms with Gasteiger partial charge in [0.15, 0.2) is 0 Å². The molecule has 0 saturated heterocycles. The van der Waals surface area contributed by atoms with E-state index in [0.717, 1.165) is 0 Å². The molecule has 0 aliphatic heterocycles. The van der Waals surface area contributed by atoms with Crippen molar-refractivity contribution in [2.45, 2.75) is 0 Å². The van der Waals surface area contributed by atoms with Gasteiger partial charge in [-0.05, 0) is 0 Å². The van der Waals surface area contributed by atoms with E-state index in [4.69, 9.17) is 14.4 Å². The molecule has 0 bridgehead atoms. The summed E-state index contributed by atoms with van der Waals surface area (Å²) in [6.45, 7) is 9.75. The molecular formula is C4H6O3Re-4. The zero-order valence-corrected chi connectivity index (χ0v) is 7.05. The number of rotatable bonds is 0. The van der Waals surface area contributed by atoms with Gasteiger partial charge in [0.05, 0.1) is 0 Å². The van der Waals surface area contributed by atoms with Gasteiger partial charge in [0.1, 0.15) is 0 Å². The zero-order valence-electron chi connectivity index (χ0n) is 4.33. The molecule has 0 unspecified atom stereocenters. The predicted octanol–water partition coefficient (Wildman–Crippen LogP) is -0.375. The van der Waals surface area contributed by atoms with Gasteiger partial charge < -0.3 is 21.8 Å². The second-order valence-electron chi connectivity index (χ2n) is 0. The molecule has 4 heteroatoms. The van der Waals surface area contributed by atoms with E-state index in [1.807, 2.05) is 0 Å². The molecule has 0 aromatic heterocycles. The fraction of sp³-hybridized carbons (Fsp3) is 0. The molecular weight excluding hydrogens is 282 g/mol. The summed E-state index contributed by atoms with van der Waals surface area (Å²) in [6.07, 6.45) is 0. The van der Waals surface area contributed by atoms with Crippen LogP contribution in [-0.4, -0.2) is 20.4 Å². The zero-order chi connectivity index (χ0) is 6.00. The Morgan fingerprint density at radius 1 is 0.625 bits per heavy atom. The van der Waals surface area contributed by atoms with Gasteiger partial charge in [-0.25, -0.2) is 0 Å². The number of carbonyl (C=O) groups excluding carboxylic acids is 3. The third-order valence-electron chi connectivity index (χ3n) is 0. The molecule has 0 saturated carbocycles. The van der Waals surface area contributed by atoms with Crippen molar-refractivity contribution in [2.75, 3.05) is 0 Å². The summed E-state index contributed by atoms with van der Waals surface area (Å²) in [4.78, 5) is 23.2. The first-order chi connectivity index (χ1) is 3.00. The molecule has 0 fully saturated rings. The Bertz CT molecular complexity index is 16.0. The summed E-state index contributed by atoms with van der Waals surface area (Å²) in [6, 6.07) is 0. The summed E-state index contributed by atoms with van der Waals surface area (Å²) in [5.74, 6) is 0. The predicted molar refractivity (Wildman–Crippen MR) is 26.7 cm³/mol. The monoisotopic (exact) mass is 289 g/mol. The third-order valence-corrected chi connectivity index (χ3v) is 0. The van der Waals surface area contributed by atoms with E-state index in [-0.39, 0.29) is 27.8 Å². The van der Waals surface area contributed by atoms with Crippen LogP contribution < -0.4 is 0 Å². The number of hydrogen-bond donors (Lipinski definition) is 0. The van der Waals surface area contributed by atoms with Crippen LogP contribution in [0.15, 0.2) is 0 Å². The maximum atomic E-state index is 7.75. The minimum Gasteiger partial charge on any atom is -0.545 e. The van der Waals surface area contributed by atoms with Gasteiger partial charge in [0.2, 0.25) is 0 Å². The Morgan fingerprint density at radius 3 is 0.625 bits per heavy atom. The summed E-state index contributed by atoms with van der Waals surface area (Å²) in [7, 11) is 0. The van der Waals surface area contributed by atoms with Crippen molar-refractivity contribution in [3.8, 4) is 0 Å². The molecule has 0 aromatic carbocycles. The SMILES string of the molecule is [CH-]=O.[CH-]=O.[CH-]=O.[CH3-].[Re]. The van der Waals surface area contributed by atoms with Gasteiger partial charge in [-0.1, -0.05) is 0 Å². The maximum Gasteiger partial charge on any atom is 0 e.